The fourth-order valence-electron chi connectivity index (χ4n) is 3.70. The molecule has 4 aliphatic carbocycles. The minimum Gasteiger partial charge on any atom is -0.216 e. The largest absolute Gasteiger partial charge is 0.216 e. The second-order valence-electron chi connectivity index (χ2n) is 6.97. The van der Waals surface area contributed by atoms with E-state index in [4.69, 9.17) is 0 Å². The van der Waals surface area contributed by atoms with Crippen LogP contribution in [-0.4, -0.2) is 34.9 Å². The van der Waals surface area contributed by atoms with Gasteiger partial charge >= 0.3 is 0 Å². The second-order valence-corrected chi connectivity index (χ2v) is 9.78. The van der Waals surface area contributed by atoms with Gasteiger partial charge in [-0.25, -0.2) is 4.68 Å². The van der Waals surface area contributed by atoms with Crippen molar-refractivity contribution in [2.75, 3.05) is 12.3 Å². The molecule has 1 aromatic heterocycles. The van der Waals surface area contributed by atoms with Crippen LogP contribution in [0.3, 0.4) is 0 Å². The topological polar surface area (TPSA) is 30.7 Å². The van der Waals surface area contributed by atoms with Gasteiger partial charge in [0.05, 0.1) is 11.9 Å². The van der Waals surface area contributed by atoms with Crippen LogP contribution in [0.2, 0.25) is 0 Å². The van der Waals surface area contributed by atoms with Gasteiger partial charge in [0, 0.05) is 12.3 Å². The van der Waals surface area contributed by atoms with E-state index in [0.29, 0.717) is 0 Å². The summed E-state index contributed by atoms with van der Waals surface area (Å²) in [5.41, 5.74) is 8.16. The van der Waals surface area contributed by atoms with Crippen LogP contribution in [0.5, 0.6) is 0 Å². The summed E-state index contributed by atoms with van der Waals surface area (Å²) in [6.07, 6.45) is 9.13. The molecule has 0 unspecified atom stereocenters. The van der Waals surface area contributed by atoms with Crippen LogP contribution in [0.25, 0.3) is 5.69 Å². The highest BCUT2D eigenvalue weighted by molar-refractivity contribution is 8.02. The predicted octanol–water partition coefficient (Wildman–Crippen LogP) is 3.11. The van der Waals surface area contributed by atoms with Crippen molar-refractivity contribution in [2.24, 2.45) is 0 Å². The highest BCUT2D eigenvalue weighted by atomic mass is 31.2. The lowest BCUT2D eigenvalue weighted by atomic mass is 9.95. The Hall–Kier alpha value is -1.93. The quantitative estimate of drug-likeness (QED) is 0.517. The van der Waals surface area contributed by atoms with Crippen LogP contribution in [0.1, 0.15) is 36.1 Å². The molecule has 0 saturated carbocycles. The summed E-state index contributed by atoms with van der Waals surface area (Å²) in [7, 11) is -0.647. The molecule has 27 heavy (non-hydrogen) atoms. The first-order chi connectivity index (χ1) is 13.1. The number of benzene rings is 2. The smallest absolute Gasteiger partial charge is 0.177 e. The van der Waals surface area contributed by atoms with Crippen LogP contribution in [0, 0.1) is 0 Å². The molecule has 4 aliphatic rings. The van der Waals surface area contributed by atoms with Gasteiger partial charge in [0.1, 0.15) is 7.57 Å². The molecule has 0 amide bonds. The molecule has 0 aliphatic heterocycles. The highest BCUT2D eigenvalue weighted by Crippen LogP contribution is 2.50. The van der Waals surface area contributed by atoms with Gasteiger partial charge in [-0.05, 0) is 67.9 Å². The minimum absolute atomic E-state index is 0.272. The maximum Gasteiger partial charge on any atom is 0.177 e. The van der Waals surface area contributed by atoms with E-state index in [1.165, 1.54) is 45.7 Å². The molecule has 7 rings (SSSR count). The molecule has 3 aromatic rings. The number of hydrogen-bond donors (Lipinski definition) is 0. The van der Waals surface area contributed by atoms with Gasteiger partial charge in [-0.1, -0.05) is 46.7 Å². The van der Waals surface area contributed by atoms with Crippen LogP contribution in [-0.2, 0) is 25.7 Å². The van der Waals surface area contributed by atoms with Gasteiger partial charge in [-0.2, -0.15) is 0 Å². The molecular weight excluding hydrogens is 348 g/mol. The molecule has 4 bridgehead atoms. The summed E-state index contributed by atoms with van der Waals surface area (Å²) in [5.74, 6) is 0. The number of hydrogen-bond acceptors (Lipinski definition) is 2. The lowest BCUT2D eigenvalue weighted by Gasteiger charge is -2.23. The summed E-state index contributed by atoms with van der Waals surface area (Å²) in [6, 6.07) is 16.1. The summed E-state index contributed by atoms with van der Waals surface area (Å²) >= 11 is 0. The summed E-state index contributed by atoms with van der Waals surface area (Å²) in [5, 5.41) is 9.26. The van der Waals surface area contributed by atoms with E-state index in [-0.39, 0.29) is 7.57 Å². The lowest BCUT2D eigenvalue weighted by Crippen LogP contribution is -2.16. The van der Waals surface area contributed by atoms with E-state index in [2.05, 4.69) is 77.5 Å². The Balaban J connectivity index is 1.73. The van der Waals surface area contributed by atoms with E-state index < -0.39 is 7.14 Å². The van der Waals surface area contributed by atoms with Crippen molar-refractivity contribution in [3.05, 3.63) is 70.9 Å². The van der Waals surface area contributed by atoms with E-state index in [1.54, 1.807) is 0 Å². The van der Waals surface area contributed by atoms with E-state index in [0.717, 1.165) is 25.7 Å². The third-order valence-corrected chi connectivity index (χ3v) is 7.75. The number of rotatable bonds is 4. The molecule has 1 heterocycles. The average Bonchev–Trinajstić information content (AvgIpc) is 3.20. The molecule has 0 N–H and O–H groups in total. The van der Waals surface area contributed by atoms with E-state index >= 15 is 0 Å². The van der Waals surface area contributed by atoms with Crippen molar-refractivity contribution in [2.45, 2.75) is 39.5 Å². The predicted molar refractivity (Wildman–Crippen MR) is 120 cm³/mol. The number of aromatic nitrogens is 3. The third kappa shape index (κ3) is 3.73. The molecule has 140 valence electrons. The summed E-state index contributed by atoms with van der Waals surface area (Å²) < 4.78 is 2.07. The second kappa shape index (κ2) is 7.60. The first-order valence-corrected chi connectivity index (χ1v) is 11.4. The maximum absolute atomic E-state index is 4.66. The molecule has 2 aromatic carbocycles. The zero-order valence-corrected chi connectivity index (χ0v) is 16.5. The van der Waals surface area contributed by atoms with Crippen molar-refractivity contribution in [1.82, 2.24) is 15.0 Å². The molecule has 3 nitrogen and oxygen atoms in total. The Morgan fingerprint density at radius 3 is 2.15 bits per heavy atom. The average molecular weight is 377 g/mol. The number of aryl methyl sites for hydroxylation is 4. The lowest BCUT2D eigenvalue weighted by molar-refractivity contribution is 0.785. The Morgan fingerprint density at radius 1 is 0.889 bits per heavy atom. The highest BCUT2D eigenvalue weighted by Gasteiger charge is 2.27. The monoisotopic (exact) mass is 377 g/mol. The Labute approximate surface area is 163 Å². The first kappa shape index (κ1) is 18.4. The molecule has 0 spiro atoms. The third-order valence-electron chi connectivity index (χ3n) is 5.37. The first-order valence-electron chi connectivity index (χ1n) is 9.64. The van der Waals surface area contributed by atoms with Gasteiger partial charge in [0.2, 0.25) is 0 Å². The van der Waals surface area contributed by atoms with Crippen molar-refractivity contribution in [1.29, 1.82) is 0 Å². The normalized spacial score (nSPS) is 14.2. The summed E-state index contributed by atoms with van der Waals surface area (Å²) in [6.45, 7) is 4.69. The zero-order chi connectivity index (χ0) is 18.9. The number of nitrogens with zero attached hydrogens (tertiary/aromatic N) is 3. The summed E-state index contributed by atoms with van der Waals surface area (Å²) in [4.78, 5) is 0. The van der Waals surface area contributed by atoms with Crippen LogP contribution >= 0.6 is 7.14 Å². The Morgan fingerprint density at radius 2 is 1.48 bits per heavy atom. The van der Waals surface area contributed by atoms with Crippen molar-refractivity contribution < 1.29 is 0 Å². The van der Waals surface area contributed by atoms with Gasteiger partial charge in [-0.15, -0.1) is 7.14 Å². The van der Waals surface area contributed by atoms with Crippen molar-refractivity contribution in [3.8, 4) is 5.69 Å². The molecule has 0 saturated heterocycles. The van der Waals surface area contributed by atoms with Gasteiger partial charge in [-0.3, -0.25) is 0 Å². The fraction of sp³-hybridized carbons (Fsp3) is 0.364. The van der Waals surface area contributed by atoms with E-state index in [1.807, 2.05) is 0 Å². The SMILES string of the molecule is [BH3-][P+](CC)(CC)c1cn(-c2cc3ccc2CCc2ccc(cc2)CC3)nn1. The van der Waals surface area contributed by atoms with Crippen LogP contribution in [0.4, 0.5) is 0 Å². The van der Waals surface area contributed by atoms with Gasteiger partial charge in [0.25, 0.3) is 0 Å². The van der Waals surface area contributed by atoms with Crippen LogP contribution < -0.4 is 5.44 Å². The standard InChI is InChI=1S/C22H29BN3P/c1-3-27(23,4-2)22-16-26(25-24-22)21-15-19-10-9-17-5-7-18(8-6-17)11-13-20(21)14-12-19/h5-8,12,14-16H,3-4,9-11,13H2,1-2,23H3. The molecule has 0 atom stereocenters. The molecular formula is C22H29BN3P. The Bertz CT molecular complexity index is 929. The van der Waals surface area contributed by atoms with Crippen molar-refractivity contribution in [3.63, 3.8) is 0 Å². The Kier molecular flexibility index (Phi) is 5.19. The molecule has 0 radical (unpaired) electrons. The van der Waals surface area contributed by atoms with Crippen molar-refractivity contribution >= 4 is 20.1 Å². The molecule has 5 heteroatoms. The maximum atomic E-state index is 4.66. The van der Waals surface area contributed by atoms with Crippen LogP contribution in [0.15, 0.2) is 48.7 Å². The fourth-order valence-corrected chi connectivity index (χ4v) is 5.23. The zero-order valence-electron chi connectivity index (χ0n) is 15.7. The minimum atomic E-state index is -0.919. The van der Waals surface area contributed by atoms with Gasteiger partial charge in [0.15, 0.2) is 5.44 Å². The van der Waals surface area contributed by atoms with Gasteiger partial charge < -0.3 is 0 Å². The molecule has 0 fully saturated rings. The van der Waals surface area contributed by atoms with E-state index in [9.17, 15) is 0 Å².